The van der Waals surface area contributed by atoms with Gasteiger partial charge in [-0.1, -0.05) is 103 Å². The highest BCUT2D eigenvalue weighted by Crippen LogP contribution is 2.15. The summed E-state index contributed by atoms with van der Waals surface area (Å²) in [5, 5.41) is 8.47. The first-order valence-corrected chi connectivity index (χ1v) is 10.0. The lowest BCUT2D eigenvalue weighted by molar-refractivity contribution is -0.138. The van der Waals surface area contributed by atoms with Gasteiger partial charge in [-0.25, -0.2) is 4.39 Å². The Morgan fingerprint density at radius 3 is 1.43 bits per heavy atom. The molecule has 0 aliphatic rings. The Hall–Kier alpha value is -0.600. The van der Waals surface area contributed by atoms with Crippen molar-refractivity contribution < 1.29 is 14.3 Å². The van der Waals surface area contributed by atoms with Gasteiger partial charge in [-0.05, 0) is 6.42 Å². The number of hydrogen-bond acceptors (Lipinski definition) is 1. The van der Waals surface area contributed by atoms with Crippen molar-refractivity contribution >= 4 is 5.97 Å². The largest absolute Gasteiger partial charge is 0.481 e. The highest BCUT2D eigenvalue weighted by atomic mass is 19.1. The van der Waals surface area contributed by atoms with Crippen LogP contribution in [0.15, 0.2) is 0 Å². The Balaban J connectivity index is 3.06. The van der Waals surface area contributed by atoms with Gasteiger partial charge in [0.05, 0.1) is 6.42 Å². The van der Waals surface area contributed by atoms with E-state index in [9.17, 15) is 9.18 Å². The van der Waals surface area contributed by atoms with Gasteiger partial charge in [0.2, 0.25) is 0 Å². The maximum absolute atomic E-state index is 13.1. The van der Waals surface area contributed by atoms with E-state index in [1.807, 2.05) is 0 Å². The van der Waals surface area contributed by atoms with Gasteiger partial charge in [0, 0.05) is 0 Å². The molecule has 0 heterocycles. The molecule has 0 aromatic rings. The average Bonchev–Trinajstić information content (AvgIpc) is 2.50. The molecule has 0 aromatic heterocycles. The molecule has 0 rings (SSSR count). The number of hydrogen-bond donors (Lipinski definition) is 1. The Morgan fingerprint density at radius 1 is 0.739 bits per heavy atom. The third-order valence-corrected chi connectivity index (χ3v) is 4.52. The SMILES string of the molecule is CCCCCCCCCCCCCCCCCC(F)CC(=O)O. The van der Waals surface area contributed by atoms with Gasteiger partial charge in [-0.15, -0.1) is 0 Å². The minimum Gasteiger partial charge on any atom is -0.481 e. The first-order chi connectivity index (χ1) is 11.2. The molecule has 1 N–H and O–H groups in total. The normalized spacial score (nSPS) is 12.4. The van der Waals surface area contributed by atoms with Crippen LogP contribution in [0.5, 0.6) is 0 Å². The minimum absolute atomic E-state index is 0.335. The van der Waals surface area contributed by atoms with E-state index in [4.69, 9.17) is 5.11 Å². The first-order valence-electron chi connectivity index (χ1n) is 10.0. The molecule has 0 bridgehead atoms. The summed E-state index contributed by atoms with van der Waals surface area (Å²) in [5.74, 6) is -1.03. The number of carboxylic acids is 1. The smallest absolute Gasteiger partial charge is 0.306 e. The molecule has 1 atom stereocenters. The van der Waals surface area contributed by atoms with Crippen LogP contribution in [-0.2, 0) is 4.79 Å². The third kappa shape index (κ3) is 19.4. The van der Waals surface area contributed by atoms with Crippen LogP contribution in [0.3, 0.4) is 0 Å². The van der Waals surface area contributed by atoms with Crippen LogP contribution in [0, 0.1) is 0 Å². The fourth-order valence-electron chi connectivity index (χ4n) is 3.03. The number of carboxylic acid groups (broad SMARTS) is 1. The lowest BCUT2D eigenvalue weighted by Gasteiger charge is -2.05. The second-order valence-corrected chi connectivity index (χ2v) is 6.93. The van der Waals surface area contributed by atoms with Crippen molar-refractivity contribution in [3.05, 3.63) is 0 Å². The van der Waals surface area contributed by atoms with E-state index in [0.717, 1.165) is 19.3 Å². The zero-order valence-electron chi connectivity index (χ0n) is 15.3. The fraction of sp³-hybridized carbons (Fsp3) is 0.950. The van der Waals surface area contributed by atoms with Gasteiger partial charge in [-0.2, -0.15) is 0 Å². The van der Waals surface area contributed by atoms with Crippen LogP contribution >= 0.6 is 0 Å². The summed E-state index contributed by atoms with van der Waals surface area (Å²) < 4.78 is 13.1. The minimum atomic E-state index is -1.16. The zero-order chi connectivity index (χ0) is 17.2. The van der Waals surface area contributed by atoms with Gasteiger partial charge >= 0.3 is 5.97 Å². The summed E-state index contributed by atoms with van der Waals surface area (Å²) in [4.78, 5) is 10.3. The van der Waals surface area contributed by atoms with Crippen molar-refractivity contribution in [2.24, 2.45) is 0 Å². The fourth-order valence-corrected chi connectivity index (χ4v) is 3.03. The van der Waals surface area contributed by atoms with Crippen molar-refractivity contribution in [3.8, 4) is 0 Å². The Bertz CT molecular complexity index is 256. The van der Waals surface area contributed by atoms with Crippen LogP contribution < -0.4 is 0 Å². The quantitative estimate of drug-likeness (QED) is 0.273. The van der Waals surface area contributed by atoms with E-state index in [0.29, 0.717) is 6.42 Å². The van der Waals surface area contributed by atoms with E-state index < -0.39 is 12.1 Å². The molecule has 0 radical (unpaired) electrons. The molecule has 0 fully saturated rings. The molecule has 3 heteroatoms. The summed E-state index contributed by atoms with van der Waals surface area (Å²) in [5.41, 5.74) is 0. The molecule has 2 nitrogen and oxygen atoms in total. The van der Waals surface area contributed by atoms with E-state index in [-0.39, 0.29) is 6.42 Å². The molecule has 0 saturated heterocycles. The lowest BCUT2D eigenvalue weighted by atomic mass is 10.0. The van der Waals surface area contributed by atoms with Crippen LogP contribution in [0.2, 0.25) is 0 Å². The summed E-state index contributed by atoms with van der Waals surface area (Å²) in [6, 6.07) is 0. The highest BCUT2D eigenvalue weighted by Gasteiger charge is 2.10. The molecule has 1 unspecified atom stereocenters. The number of unbranched alkanes of at least 4 members (excludes halogenated alkanes) is 14. The second kappa shape index (κ2) is 17.7. The predicted octanol–water partition coefficient (Wildman–Crippen LogP) is 7.06. The third-order valence-electron chi connectivity index (χ3n) is 4.52. The predicted molar refractivity (Wildman–Crippen MR) is 96.7 cm³/mol. The molecule has 0 spiro atoms. The zero-order valence-corrected chi connectivity index (χ0v) is 15.3. The summed E-state index contributed by atoms with van der Waals surface area (Å²) in [7, 11) is 0. The highest BCUT2D eigenvalue weighted by molar-refractivity contribution is 5.67. The van der Waals surface area contributed by atoms with Gasteiger partial charge in [0.25, 0.3) is 0 Å². The van der Waals surface area contributed by atoms with E-state index in [2.05, 4.69) is 6.92 Å². The first kappa shape index (κ1) is 22.4. The maximum Gasteiger partial charge on any atom is 0.306 e. The summed E-state index contributed by atoms with van der Waals surface area (Å²) in [6.45, 7) is 2.26. The molecular weight excluding hydrogens is 291 g/mol. The Labute approximate surface area is 143 Å². The standard InChI is InChI=1S/C20H39FO2/c1-2-3-4-5-6-7-8-9-10-11-12-13-14-15-16-17-19(21)18-20(22)23/h19H,2-18H2,1H3,(H,22,23). The second-order valence-electron chi connectivity index (χ2n) is 6.93. The van der Waals surface area contributed by atoms with Crippen molar-refractivity contribution in [2.75, 3.05) is 0 Å². The molecule has 0 aliphatic heterocycles. The number of alkyl halides is 1. The average molecular weight is 331 g/mol. The Morgan fingerprint density at radius 2 is 1.09 bits per heavy atom. The van der Waals surface area contributed by atoms with E-state index >= 15 is 0 Å². The summed E-state index contributed by atoms with van der Waals surface area (Å²) >= 11 is 0. The van der Waals surface area contributed by atoms with E-state index in [1.165, 1.54) is 77.0 Å². The molecule has 0 aliphatic carbocycles. The Kier molecular flexibility index (Phi) is 17.3. The molecule has 138 valence electrons. The monoisotopic (exact) mass is 330 g/mol. The van der Waals surface area contributed by atoms with Crippen molar-refractivity contribution in [2.45, 2.75) is 122 Å². The van der Waals surface area contributed by atoms with E-state index in [1.54, 1.807) is 0 Å². The van der Waals surface area contributed by atoms with Gasteiger partial charge in [0.15, 0.2) is 0 Å². The van der Waals surface area contributed by atoms with Crippen molar-refractivity contribution in [1.82, 2.24) is 0 Å². The summed E-state index contributed by atoms with van der Waals surface area (Å²) in [6.07, 6.45) is 18.3. The van der Waals surface area contributed by atoms with Crippen molar-refractivity contribution in [1.29, 1.82) is 0 Å². The number of rotatable bonds is 18. The number of aliphatic carboxylic acids is 1. The van der Waals surface area contributed by atoms with Crippen LogP contribution in [0.25, 0.3) is 0 Å². The topological polar surface area (TPSA) is 37.3 Å². The molecule has 0 saturated carbocycles. The van der Waals surface area contributed by atoms with Gasteiger partial charge < -0.3 is 5.11 Å². The van der Waals surface area contributed by atoms with Crippen LogP contribution in [-0.4, -0.2) is 17.2 Å². The van der Waals surface area contributed by atoms with Crippen LogP contribution in [0.1, 0.15) is 116 Å². The molecule has 0 aromatic carbocycles. The number of carbonyl (C=O) groups is 1. The van der Waals surface area contributed by atoms with Gasteiger partial charge in [-0.3, -0.25) is 4.79 Å². The molecule has 23 heavy (non-hydrogen) atoms. The number of halogens is 1. The molecule has 0 amide bonds. The van der Waals surface area contributed by atoms with Gasteiger partial charge in [0.1, 0.15) is 6.17 Å². The molecular formula is C20H39FO2. The lowest BCUT2D eigenvalue weighted by Crippen LogP contribution is -2.07. The van der Waals surface area contributed by atoms with Crippen molar-refractivity contribution in [3.63, 3.8) is 0 Å². The maximum atomic E-state index is 13.1. The van der Waals surface area contributed by atoms with Crippen LogP contribution in [0.4, 0.5) is 4.39 Å².